The first-order chi connectivity index (χ1) is 16.2. The summed E-state index contributed by atoms with van der Waals surface area (Å²) >= 11 is 0. The third-order valence-corrected chi connectivity index (χ3v) is 6.96. The second-order valence-corrected chi connectivity index (χ2v) is 9.15. The Labute approximate surface area is 194 Å². The predicted molar refractivity (Wildman–Crippen MR) is 124 cm³/mol. The standard InChI is InChI=1S/C25H27F3N4O2/c1-31-20-7-3-15(11-21(20)32(2)24(31)33)13-30-22-8-5-17(12-25(22,27)28)29-14-16-4-6-19(26)23-18(16)9-10-34-23/h3-4,6-7,9-11,17,22,29-30H,5,8,12-14H2,1-2H3/t17-,22-/m1/s1. The molecule has 2 heterocycles. The summed E-state index contributed by atoms with van der Waals surface area (Å²) < 4.78 is 52.0. The van der Waals surface area contributed by atoms with Gasteiger partial charge in [0.05, 0.1) is 23.3 Å². The molecule has 2 aromatic carbocycles. The number of aryl methyl sites for hydroxylation is 2. The number of rotatable bonds is 6. The van der Waals surface area contributed by atoms with Gasteiger partial charge in [-0.1, -0.05) is 12.1 Å². The van der Waals surface area contributed by atoms with Gasteiger partial charge in [-0.15, -0.1) is 0 Å². The Hall–Kier alpha value is -3.04. The number of imidazole rings is 1. The molecule has 0 unspecified atom stereocenters. The molecular formula is C25H27F3N4O2. The number of hydrogen-bond acceptors (Lipinski definition) is 4. The van der Waals surface area contributed by atoms with Gasteiger partial charge in [0.15, 0.2) is 11.4 Å². The van der Waals surface area contributed by atoms with Crippen molar-refractivity contribution in [1.29, 1.82) is 0 Å². The lowest BCUT2D eigenvalue weighted by molar-refractivity contribution is -0.0734. The minimum atomic E-state index is -2.87. The number of furan rings is 1. The highest BCUT2D eigenvalue weighted by molar-refractivity contribution is 5.81. The molecule has 0 aliphatic heterocycles. The number of nitrogens with zero attached hydrogens (tertiary/aromatic N) is 2. The Bertz CT molecular complexity index is 1400. The highest BCUT2D eigenvalue weighted by Crippen LogP contribution is 2.34. The van der Waals surface area contributed by atoms with Crippen LogP contribution in [0.15, 0.2) is 51.9 Å². The van der Waals surface area contributed by atoms with E-state index in [2.05, 4.69) is 10.6 Å². The maximum atomic E-state index is 15.0. The van der Waals surface area contributed by atoms with Crippen molar-refractivity contribution in [3.05, 3.63) is 70.1 Å². The van der Waals surface area contributed by atoms with E-state index in [0.29, 0.717) is 31.3 Å². The third kappa shape index (κ3) is 4.03. The second kappa shape index (κ2) is 8.63. The van der Waals surface area contributed by atoms with E-state index in [1.54, 1.807) is 35.4 Å². The van der Waals surface area contributed by atoms with E-state index in [0.717, 1.165) is 22.2 Å². The number of aromatic nitrogens is 2. The summed E-state index contributed by atoms with van der Waals surface area (Å²) in [6.45, 7) is 0.663. The molecule has 9 heteroatoms. The molecule has 5 rings (SSSR count). The van der Waals surface area contributed by atoms with E-state index in [1.807, 2.05) is 18.2 Å². The lowest BCUT2D eigenvalue weighted by Gasteiger charge is -2.37. The van der Waals surface area contributed by atoms with Crippen molar-refractivity contribution < 1.29 is 17.6 Å². The fourth-order valence-electron chi connectivity index (χ4n) is 4.98. The van der Waals surface area contributed by atoms with Crippen LogP contribution in [0.25, 0.3) is 22.0 Å². The number of nitrogens with one attached hydrogen (secondary N) is 2. The molecule has 1 fully saturated rings. The molecule has 0 saturated heterocycles. The first-order valence-corrected chi connectivity index (χ1v) is 11.4. The molecule has 180 valence electrons. The largest absolute Gasteiger partial charge is 0.461 e. The fourth-order valence-corrected chi connectivity index (χ4v) is 4.98. The normalized spacial score (nSPS) is 20.4. The highest BCUT2D eigenvalue weighted by atomic mass is 19.3. The monoisotopic (exact) mass is 472 g/mol. The summed E-state index contributed by atoms with van der Waals surface area (Å²) in [6, 6.07) is 9.00. The summed E-state index contributed by atoms with van der Waals surface area (Å²) in [5.74, 6) is -3.30. The van der Waals surface area contributed by atoms with E-state index >= 15 is 0 Å². The number of hydrogen-bond donors (Lipinski definition) is 2. The zero-order valence-corrected chi connectivity index (χ0v) is 19.1. The van der Waals surface area contributed by atoms with Crippen molar-refractivity contribution >= 4 is 22.0 Å². The van der Waals surface area contributed by atoms with Crippen molar-refractivity contribution in [2.45, 2.75) is 50.4 Å². The highest BCUT2D eigenvalue weighted by Gasteiger charge is 2.44. The van der Waals surface area contributed by atoms with Gasteiger partial charge >= 0.3 is 5.69 Å². The first kappa shape index (κ1) is 22.7. The van der Waals surface area contributed by atoms with Crippen LogP contribution in [0, 0.1) is 5.82 Å². The number of alkyl halides is 2. The molecule has 1 aliphatic rings. The molecule has 1 saturated carbocycles. The van der Waals surface area contributed by atoms with Crippen molar-refractivity contribution in [3.63, 3.8) is 0 Å². The molecule has 0 bridgehead atoms. The van der Waals surface area contributed by atoms with Gasteiger partial charge in [0.25, 0.3) is 5.92 Å². The molecule has 2 atom stereocenters. The van der Waals surface area contributed by atoms with Crippen LogP contribution in [0.3, 0.4) is 0 Å². The van der Waals surface area contributed by atoms with Crippen LogP contribution in [0.4, 0.5) is 13.2 Å². The lowest BCUT2D eigenvalue weighted by Crippen LogP contribution is -2.52. The number of fused-ring (bicyclic) bond motifs is 2. The Morgan fingerprint density at radius 3 is 2.62 bits per heavy atom. The molecule has 2 aromatic heterocycles. The van der Waals surface area contributed by atoms with E-state index in [4.69, 9.17) is 4.42 Å². The molecule has 34 heavy (non-hydrogen) atoms. The zero-order chi connectivity index (χ0) is 24.0. The molecule has 2 N–H and O–H groups in total. The smallest absolute Gasteiger partial charge is 0.328 e. The minimum Gasteiger partial charge on any atom is -0.461 e. The molecule has 0 amide bonds. The quantitative estimate of drug-likeness (QED) is 0.442. The van der Waals surface area contributed by atoms with Gasteiger partial charge in [-0.3, -0.25) is 9.13 Å². The van der Waals surface area contributed by atoms with E-state index in [9.17, 15) is 18.0 Å². The first-order valence-electron chi connectivity index (χ1n) is 11.4. The Morgan fingerprint density at radius 1 is 1.03 bits per heavy atom. The molecular weight excluding hydrogens is 445 g/mol. The molecule has 1 aliphatic carbocycles. The van der Waals surface area contributed by atoms with Crippen molar-refractivity contribution in [1.82, 2.24) is 19.8 Å². The van der Waals surface area contributed by atoms with Gasteiger partial charge in [0, 0.05) is 45.0 Å². The van der Waals surface area contributed by atoms with Crippen LogP contribution in [0.2, 0.25) is 0 Å². The van der Waals surface area contributed by atoms with Crippen molar-refractivity contribution in [2.24, 2.45) is 14.1 Å². The van der Waals surface area contributed by atoms with Gasteiger partial charge in [0.1, 0.15) is 0 Å². The topological polar surface area (TPSA) is 64.1 Å². The van der Waals surface area contributed by atoms with E-state index < -0.39 is 17.8 Å². The van der Waals surface area contributed by atoms with Crippen LogP contribution < -0.4 is 16.3 Å². The third-order valence-electron chi connectivity index (χ3n) is 6.96. The summed E-state index contributed by atoms with van der Waals surface area (Å²) in [5.41, 5.74) is 3.32. The maximum Gasteiger partial charge on any atom is 0.328 e. The lowest BCUT2D eigenvalue weighted by atomic mass is 9.87. The van der Waals surface area contributed by atoms with Crippen LogP contribution >= 0.6 is 0 Å². The van der Waals surface area contributed by atoms with E-state index in [-0.39, 0.29) is 23.7 Å². The zero-order valence-electron chi connectivity index (χ0n) is 19.1. The Balaban J connectivity index is 1.20. The minimum absolute atomic E-state index is 0.119. The average molecular weight is 473 g/mol. The Kier molecular flexibility index (Phi) is 5.77. The summed E-state index contributed by atoms with van der Waals surface area (Å²) in [4.78, 5) is 12.1. The summed E-state index contributed by atoms with van der Waals surface area (Å²) in [6.07, 6.45) is 2.10. The van der Waals surface area contributed by atoms with Crippen molar-refractivity contribution in [2.75, 3.05) is 0 Å². The van der Waals surface area contributed by atoms with Crippen LogP contribution in [-0.4, -0.2) is 27.1 Å². The molecule has 0 radical (unpaired) electrons. The average Bonchev–Trinajstić information content (AvgIpc) is 3.39. The molecule has 6 nitrogen and oxygen atoms in total. The fraction of sp³-hybridized carbons (Fsp3) is 0.400. The van der Waals surface area contributed by atoms with Gasteiger partial charge in [-0.05, 0) is 48.2 Å². The Morgan fingerprint density at radius 2 is 1.82 bits per heavy atom. The van der Waals surface area contributed by atoms with Gasteiger partial charge in [-0.25, -0.2) is 18.0 Å². The van der Waals surface area contributed by atoms with Gasteiger partial charge in [-0.2, -0.15) is 0 Å². The van der Waals surface area contributed by atoms with Crippen LogP contribution in [0.1, 0.15) is 30.4 Å². The second-order valence-electron chi connectivity index (χ2n) is 9.15. The van der Waals surface area contributed by atoms with Gasteiger partial charge in [0.2, 0.25) is 0 Å². The summed E-state index contributed by atoms with van der Waals surface area (Å²) in [7, 11) is 3.41. The molecule has 0 spiro atoms. The van der Waals surface area contributed by atoms with Crippen molar-refractivity contribution in [3.8, 4) is 0 Å². The number of benzene rings is 2. The van der Waals surface area contributed by atoms with E-state index in [1.165, 1.54) is 12.3 Å². The predicted octanol–water partition coefficient (Wildman–Crippen LogP) is 4.20. The molecule has 4 aromatic rings. The van der Waals surface area contributed by atoms with Crippen LogP contribution in [-0.2, 0) is 27.2 Å². The SMILES string of the molecule is Cn1c(=O)n(C)c2cc(CN[C@@H]3CC[C@@H](NCc4ccc(F)c5occc45)CC3(F)F)ccc21. The summed E-state index contributed by atoms with van der Waals surface area (Å²) in [5, 5.41) is 6.90. The van der Waals surface area contributed by atoms with Crippen LogP contribution in [0.5, 0.6) is 0 Å². The maximum absolute atomic E-state index is 15.0. The number of halogens is 3. The van der Waals surface area contributed by atoms with Gasteiger partial charge < -0.3 is 15.1 Å².